The minimum atomic E-state index is -0.446. The van der Waals surface area contributed by atoms with Gasteiger partial charge in [-0.2, -0.15) is 5.10 Å². The third-order valence-corrected chi connectivity index (χ3v) is 4.63. The first-order valence-corrected chi connectivity index (χ1v) is 8.72. The van der Waals surface area contributed by atoms with Crippen molar-refractivity contribution < 1.29 is 9.18 Å². The molecule has 27 heavy (non-hydrogen) atoms. The maximum absolute atomic E-state index is 13.1. The average molecular weight is 388 g/mol. The van der Waals surface area contributed by atoms with E-state index in [0.29, 0.717) is 5.69 Å². The second-order valence-corrected chi connectivity index (χ2v) is 6.60. The van der Waals surface area contributed by atoms with Gasteiger partial charge in [-0.15, -0.1) is 0 Å². The van der Waals surface area contributed by atoms with Gasteiger partial charge in [0, 0.05) is 6.04 Å². The van der Waals surface area contributed by atoms with Crippen molar-refractivity contribution in [2.75, 3.05) is 18.9 Å². The van der Waals surface area contributed by atoms with Crippen molar-refractivity contribution in [1.29, 1.82) is 0 Å². The highest BCUT2D eigenvalue weighted by atomic mass is 35.5. The fourth-order valence-corrected chi connectivity index (χ4v) is 2.86. The molecule has 2 aromatic carbocycles. The second kappa shape index (κ2) is 8.28. The minimum Gasteiger partial charge on any atom is -0.324 e. The molecule has 1 heterocycles. The molecule has 0 aliphatic carbocycles. The first-order chi connectivity index (χ1) is 12.9. The summed E-state index contributed by atoms with van der Waals surface area (Å²) in [6, 6.07) is 11.8. The number of aromatic nitrogens is 3. The van der Waals surface area contributed by atoms with E-state index in [1.807, 2.05) is 43.1 Å². The number of benzene rings is 2. The molecule has 0 fully saturated rings. The van der Waals surface area contributed by atoms with Gasteiger partial charge in [-0.3, -0.25) is 9.69 Å². The predicted octanol–water partition coefficient (Wildman–Crippen LogP) is 3.69. The first kappa shape index (κ1) is 19.0. The Balaban J connectivity index is 1.61. The molecule has 0 spiro atoms. The van der Waals surface area contributed by atoms with Gasteiger partial charge >= 0.3 is 0 Å². The number of amides is 1. The van der Waals surface area contributed by atoms with Crippen LogP contribution in [0.25, 0.3) is 5.69 Å². The van der Waals surface area contributed by atoms with E-state index in [9.17, 15) is 9.18 Å². The summed E-state index contributed by atoms with van der Waals surface area (Å²) in [6.07, 6.45) is 3.12. The summed E-state index contributed by atoms with van der Waals surface area (Å²) in [5, 5.41) is 6.97. The highest BCUT2D eigenvalue weighted by Crippen LogP contribution is 2.23. The van der Waals surface area contributed by atoms with Crippen molar-refractivity contribution in [3.63, 3.8) is 0 Å². The maximum Gasteiger partial charge on any atom is 0.238 e. The molecular weight excluding hydrogens is 369 g/mol. The molecule has 140 valence electrons. The summed E-state index contributed by atoms with van der Waals surface area (Å²) >= 11 is 5.95. The van der Waals surface area contributed by atoms with Gasteiger partial charge in [-0.05, 0) is 49.9 Å². The van der Waals surface area contributed by atoms with Gasteiger partial charge in [0.1, 0.15) is 18.5 Å². The van der Waals surface area contributed by atoms with Crippen molar-refractivity contribution in [2.45, 2.75) is 13.0 Å². The smallest absolute Gasteiger partial charge is 0.238 e. The summed E-state index contributed by atoms with van der Waals surface area (Å²) in [5.41, 5.74) is 2.37. The van der Waals surface area contributed by atoms with Crippen molar-refractivity contribution in [2.24, 2.45) is 0 Å². The van der Waals surface area contributed by atoms with E-state index in [-0.39, 0.29) is 23.5 Å². The van der Waals surface area contributed by atoms with Crippen LogP contribution in [0.3, 0.4) is 0 Å². The van der Waals surface area contributed by atoms with Gasteiger partial charge in [0.25, 0.3) is 0 Å². The number of carbonyl (C=O) groups excluding carboxylic acids is 1. The van der Waals surface area contributed by atoms with Crippen LogP contribution in [0.2, 0.25) is 5.02 Å². The molecule has 1 N–H and O–H groups in total. The van der Waals surface area contributed by atoms with Crippen LogP contribution in [-0.4, -0.2) is 39.2 Å². The van der Waals surface area contributed by atoms with E-state index in [4.69, 9.17) is 11.6 Å². The monoisotopic (exact) mass is 387 g/mol. The Bertz CT molecular complexity index is 914. The number of rotatable bonds is 6. The molecular formula is C19H19ClFN5O. The normalized spacial score (nSPS) is 12.2. The Hall–Kier alpha value is -2.77. The Morgan fingerprint density at radius 1 is 1.30 bits per heavy atom. The van der Waals surface area contributed by atoms with Crippen LogP contribution in [-0.2, 0) is 4.79 Å². The summed E-state index contributed by atoms with van der Waals surface area (Å²) in [6.45, 7) is 2.18. The Morgan fingerprint density at radius 3 is 2.67 bits per heavy atom. The lowest BCUT2D eigenvalue weighted by Crippen LogP contribution is -2.32. The largest absolute Gasteiger partial charge is 0.324 e. The van der Waals surface area contributed by atoms with E-state index in [2.05, 4.69) is 15.4 Å². The number of hydrogen-bond donors (Lipinski definition) is 1. The number of hydrogen-bond acceptors (Lipinski definition) is 4. The van der Waals surface area contributed by atoms with Gasteiger partial charge < -0.3 is 5.32 Å². The topological polar surface area (TPSA) is 63.1 Å². The van der Waals surface area contributed by atoms with Gasteiger partial charge in [0.05, 0.1) is 22.9 Å². The van der Waals surface area contributed by atoms with E-state index in [1.165, 1.54) is 24.5 Å². The van der Waals surface area contributed by atoms with Gasteiger partial charge in [0.2, 0.25) is 5.91 Å². The number of nitrogens with zero attached hydrogens (tertiary/aromatic N) is 4. The van der Waals surface area contributed by atoms with E-state index < -0.39 is 5.82 Å². The summed E-state index contributed by atoms with van der Waals surface area (Å²) in [5.74, 6) is -0.671. The van der Waals surface area contributed by atoms with Crippen molar-refractivity contribution in [1.82, 2.24) is 19.7 Å². The number of halogens is 2. The van der Waals surface area contributed by atoms with Gasteiger partial charge in [0.15, 0.2) is 0 Å². The number of anilines is 1. The maximum atomic E-state index is 13.1. The van der Waals surface area contributed by atoms with Crippen LogP contribution in [0, 0.1) is 5.82 Å². The SMILES string of the molecule is C[C@H](c1ccc(-n2cncn2)cc1)N(C)CC(=O)Nc1ccc(F)cc1Cl. The van der Waals surface area contributed by atoms with Crippen molar-refractivity contribution in [3.8, 4) is 5.69 Å². The van der Waals surface area contributed by atoms with Gasteiger partial charge in [-0.1, -0.05) is 23.7 Å². The van der Waals surface area contributed by atoms with Crippen molar-refractivity contribution in [3.05, 3.63) is 71.5 Å². The molecule has 0 unspecified atom stereocenters. The average Bonchev–Trinajstić information content (AvgIpc) is 3.18. The number of likely N-dealkylation sites (N-methyl/N-ethyl adjacent to an activating group) is 1. The van der Waals surface area contributed by atoms with E-state index >= 15 is 0 Å². The summed E-state index contributed by atoms with van der Waals surface area (Å²) in [7, 11) is 1.86. The molecule has 8 heteroatoms. The van der Waals surface area contributed by atoms with Crippen LogP contribution in [0.5, 0.6) is 0 Å². The first-order valence-electron chi connectivity index (χ1n) is 8.34. The Kier molecular flexibility index (Phi) is 5.83. The minimum absolute atomic E-state index is 0.0178. The number of carbonyl (C=O) groups is 1. The van der Waals surface area contributed by atoms with Crippen molar-refractivity contribution >= 4 is 23.2 Å². The Labute approximate surface area is 161 Å². The highest BCUT2D eigenvalue weighted by molar-refractivity contribution is 6.33. The molecule has 0 aliphatic rings. The van der Waals surface area contributed by atoms with Crippen LogP contribution >= 0.6 is 11.6 Å². The lowest BCUT2D eigenvalue weighted by atomic mass is 10.1. The second-order valence-electron chi connectivity index (χ2n) is 6.20. The highest BCUT2D eigenvalue weighted by Gasteiger charge is 2.16. The standard InChI is InChI=1S/C19H19ClFN5O/c1-13(14-3-6-16(7-4-14)26-12-22-11-23-26)25(2)10-19(27)24-18-8-5-15(21)9-17(18)20/h3-9,11-13H,10H2,1-2H3,(H,24,27)/t13-/m1/s1. The molecule has 0 bridgehead atoms. The molecule has 0 radical (unpaired) electrons. The predicted molar refractivity (Wildman–Crippen MR) is 102 cm³/mol. The van der Waals surface area contributed by atoms with E-state index in [1.54, 1.807) is 11.0 Å². The van der Waals surface area contributed by atoms with Crippen LogP contribution < -0.4 is 5.32 Å². The Morgan fingerprint density at radius 2 is 2.04 bits per heavy atom. The molecule has 0 saturated heterocycles. The quantitative estimate of drug-likeness (QED) is 0.700. The third-order valence-electron chi connectivity index (χ3n) is 4.32. The molecule has 3 aromatic rings. The van der Waals surface area contributed by atoms with Gasteiger partial charge in [-0.25, -0.2) is 14.1 Å². The van der Waals surface area contributed by atoms with E-state index in [0.717, 1.165) is 11.3 Å². The lowest BCUT2D eigenvalue weighted by molar-refractivity contribution is -0.117. The third kappa shape index (κ3) is 4.69. The van der Waals surface area contributed by atoms with Crippen LogP contribution in [0.1, 0.15) is 18.5 Å². The molecule has 0 saturated carbocycles. The number of nitrogens with one attached hydrogen (secondary N) is 1. The molecule has 1 aromatic heterocycles. The summed E-state index contributed by atoms with van der Waals surface area (Å²) < 4.78 is 14.8. The molecule has 6 nitrogen and oxygen atoms in total. The zero-order valence-corrected chi connectivity index (χ0v) is 15.7. The molecule has 1 atom stereocenters. The molecule has 3 rings (SSSR count). The molecule has 0 aliphatic heterocycles. The van der Waals surface area contributed by atoms with Crippen LogP contribution in [0.4, 0.5) is 10.1 Å². The lowest BCUT2D eigenvalue weighted by Gasteiger charge is -2.24. The fraction of sp³-hybridized carbons (Fsp3) is 0.211. The summed E-state index contributed by atoms with van der Waals surface area (Å²) in [4.78, 5) is 18.1. The molecule has 1 amide bonds. The van der Waals surface area contributed by atoms with Crippen LogP contribution in [0.15, 0.2) is 55.1 Å². The fourth-order valence-electron chi connectivity index (χ4n) is 2.65. The zero-order valence-electron chi connectivity index (χ0n) is 14.9. The zero-order chi connectivity index (χ0) is 19.4.